The first kappa shape index (κ1) is 23.8. The summed E-state index contributed by atoms with van der Waals surface area (Å²) in [6, 6.07) is 12.1. The molecule has 1 N–H and O–H groups in total. The van der Waals surface area contributed by atoms with Crippen LogP contribution in [-0.4, -0.2) is 45.4 Å². The minimum atomic E-state index is -3.45. The molecule has 2 aromatic rings. The number of nitrogens with one attached hydrogen (secondary N) is 1. The lowest BCUT2D eigenvalue weighted by atomic mass is 10.2. The number of hydrogen-bond acceptors (Lipinski definition) is 5. The van der Waals surface area contributed by atoms with E-state index in [1.165, 1.54) is 6.08 Å². The molecule has 172 valence electrons. The Bertz CT molecular complexity index is 1040. The number of piperidine rings is 1. The van der Waals surface area contributed by atoms with Gasteiger partial charge in [0.2, 0.25) is 15.9 Å². The molecule has 1 saturated heterocycles. The number of benzene rings is 2. The van der Waals surface area contributed by atoms with Crippen LogP contribution >= 0.6 is 0 Å². The highest BCUT2D eigenvalue weighted by atomic mass is 32.2. The summed E-state index contributed by atoms with van der Waals surface area (Å²) in [5.41, 5.74) is 1.64. The molecule has 0 aliphatic carbocycles. The van der Waals surface area contributed by atoms with Crippen molar-refractivity contribution in [1.82, 2.24) is 9.62 Å². The Morgan fingerprint density at radius 2 is 1.78 bits per heavy atom. The third-order valence-electron chi connectivity index (χ3n) is 5.26. The van der Waals surface area contributed by atoms with E-state index in [1.54, 1.807) is 53.9 Å². The third kappa shape index (κ3) is 6.11. The van der Waals surface area contributed by atoms with Crippen LogP contribution in [0.5, 0.6) is 11.5 Å². The molecule has 0 spiro atoms. The van der Waals surface area contributed by atoms with Crippen molar-refractivity contribution in [3.63, 3.8) is 0 Å². The first-order valence-electron chi connectivity index (χ1n) is 10.8. The van der Waals surface area contributed by atoms with Crippen molar-refractivity contribution in [3.8, 4) is 11.5 Å². The monoisotopic (exact) mass is 458 g/mol. The van der Waals surface area contributed by atoms with Gasteiger partial charge in [-0.2, -0.15) is 4.31 Å². The predicted octanol–water partition coefficient (Wildman–Crippen LogP) is 3.60. The second kappa shape index (κ2) is 11.2. The van der Waals surface area contributed by atoms with Crippen molar-refractivity contribution in [2.24, 2.45) is 0 Å². The summed E-state index contributed by atoms with van der Waals surface area (Å²) in [5, 5.41) is 2.81. The van der Waals surface area contributed by atoms with Gasteiger partial charge in [-0.15, -0.1) is 0 Å². The summed E-state index contributed by atoms with van der Waals surface area (Å²) in [7, 11) is -1.88. The fraction of sp³-hybridized carbons (Fsp3) is 0.375. The fourth-order valence-electron chi connectivity index (χ4n) is 3.52. The van der Waals surface area contributed by atoms with Crippen molar-refractivity contribution in [2.75, 3.05) is 26.8 Å². The normalized spacial score (nSPS) is 14.9. The van der Waals surface area contributed by atoms with Crippen molar-refractivity contribution in [2.45, 2.75) is 37.6 Å². The Morgan fingerprint density at radius 3 is 2.44 bits per heavy atom. The standard InChI is InChI=1S/C24H30N2O5S/c1-3-31-22-13-9-19(17-23(22)30-2)10-14-24(27)25-18-20-7-11-21(12-8-20)32(28,29)26-15-5-4-6-16-26/h7-14,17H,3-6,15-16,18H2,1-2H3,(H,25,27)/b14-10+. The lowest BCUT2D eigenvalue weighted by molar-refractivity contribution is -0.116. The molecule has 0 unspecified atom stereocenters. The molecule has 2 aromatic carbocycles. The van der Waals surface area contributed by atoms with Crippen LogP contribution in [0.3, 0.4) is 0 Å². The highest BCUT2D eigenvalue weighted by Crippen LogP contribution is 2.28. The van der Waals surface area contributed by atoms with Crippen LogP contribution in [0, 0.1) is 0 Å². The lowest BCUT2D eigenvalue weighted by Crippen LogP contribution is -2.35. The largest absolute Gasteiger partial charge is 0.493 e. The average Bonchev–Trinajstić information content (AvgIpc) is 2.83. The molecule has 7 nitrogen and oxygen atoms in total. The Morgan fingerprint density at radius 1 is 1.06 bits per heavy atom. The molecule has 0 radical (unpaired) electrons. The minimum absolute atomic E-state index is 0.247. The molecular formula is C24H30N2O5S. The maximum Gasteiger partial charge on any atom is 0.244 e. The second-order valence-corrected chi connectivity index (χ2v) is 9.44. The smallest absolute Gasteiger partial charge is 0.244 e. The van der Waals surface area contributed by atoms with Gasteiger partial charge in [-0.05, 0) is 61.2 Å². The number of amides is 1. The molecule has 3 rings (SSSR count). The Labute approximate surface area is 190 Å². The van der Waals surface area contributed by atoms with Crippen molar-refractivity contribution in [1.29, 1.82) is 0 Å². The van der Waals surface area contributed by atoms with E-state index in [2.05, 4.69) is 5.32 Å². The van der Waals surface area contributed by atoms with Gasteiger partial charge in [-0.3, -0.25) is 4.79 Å². The number of rotatable bonds is 9. The van der Waals surface area contributed by atoms with Crippen molar-refractivity contribution < 1.29 is 22.7 Å². The SMILES string of the molecule is CCOc1ccc(/C=C/C(=O)NCc2ccc(S(=O)(=O)N3CCCCC3)cc2)cc1OC. The van der Waals surface area contributed by atoms with Crippen LogP contribution < -0.4 is 14.8 Å². The summed E-state index contributed by atoms with van der Waals surface area (Å²) >= 11 is 0. The molecule has 1 aliphatic rings. The van der Waals surface area contributed by atoms with Gasteiger partial charge in [-0.25, -0.2) is 8.42 Å². The maximum absolute atomic E-state index is 12.7. The van der Waals surface area contributed by atoms with Crippen LogP contribution in [0.2, 0.25) is 0 Å². The summed E-state index contributed by atoms with van der Waals surface area (Å²) in [4.78, 5) is 12.5. The molecule has 32 heavy (non-hydrogen) atoms. The van der Waals surface area contributed by atoms with Crippen LogP contribution in [0.1, 0.15) is 37.3 Å². The van der Waals surface area contributed by atoms with E-state index in [-0.39, 0.29) is 5.91 Å². The van der Waals surface area contributed by atoms with Crippen LogP contribution in [0.15, 0.2) is 53.4 Å². The van der Waals surface area contributed by atoms with Gasteiger partial charge in [-0.1, -0.05) is 24.6 Å². The second-order valence-electron chi connectivity index (χ2n) is 7.50. The van der Waals surface area contributed by atoms with E-state index in [1.807, 2.05) is 13.0 Å². The molecule has 1 heterocycles. The third-order valence-corrected chi connectivity index (χ3v) is 7.17. The predicted molar refractivity (Wildman–Crippen MR) is 124 cm³/mol. The molecule has 1 amide bonds. The first-order valence-corrected chi connectivity index (χ1v) is 12.2. The minimum Gasteiger partial charge on any atom is -0.493 e. The van der Waals surface area contributed by atoms with E-state index < -0.39 is 10.0 Å². The van der Waals surface area contributed by atoms with Crippen LogP contribution in [0.25, 0.3) is 6.08 Å². The zero-order valence-electron chi connectivity index (χ0n) is 18.5. The number of ether oxygens (including phenoxy) is 2. The number of sulfonamides is 1. The van der Waals surface area contributed by atoms with E-state index in [0.29, 0.717) is 42.6 Å². The van der Waals surface area contributed by atoms with Crippen molar-refractivity contribution in [3.05, 3.63) is 59.7 Å². The van der Waals surface area contributed by atoms with Crippen molar-refractivity contribution >= 4 is 22.0 Å². The van der Waals surface area contributed by atoms with Gasteiger partial charge in [0.25, 0.3) is 0 Å². The fourth-order valence-corrected chi connectivity index (χ4v) is 5.03. The van der Waals surface area contributed by atoms with E-state index in [9.17, 15) is 13.2 Å². The highest BCUT2D eigenvalue weighted by Gasteiger charge is 2.25. The number of nitrogens with zero attached hydrogens (tertiary/aromatic N) is 1. The Balaban J connectivity index is 1.56. The topological polar surface area (TPSA) is 84.9 Å². The molecule has 1 aliphatic heterocycles. The quantitative estimate of drug-likeness (QED) is 0.581. The van der Waals surface area contributed by atoms with E-state index >= 15 is 0 Å². The van der Waals surface area contributed by atoms with E-state index in [4.69, 9.17) is 9.47 Å². The average molecular weight is 459 g/mol. The zero-order chi connectivity index (χ0) is 23.0. The maximum atomic E-state index is 12.7. The summed E-state index contributed by atoms with van der Waals surface area (Å²) in [5.74, 6) is 1.01. The Kier molecular flexibility index (Phi) is 8.30. The van der Waals surface area contributed by atoms with Gasteiger partial charge in [0.15, 0.2) is 11.5 Å². The number of hydrogen-bond donors (Lipinski definition) is 1. The molecule has 0 atom stereocenters. The number of carbonyl (C=O) groups is 1. The molecular weight excluding hydrogens is 428 g/mol. The summed E-state index contributed by atoms with van der Waals surface area (Å²) < 4.78 is 37.8. The molecule has 0 saturated carbocycles. The number of methoxy groups -OCH3 is 1. The molecule has 0 bridgehead atoms. The zero-order valence-corrected chi connectivity index (χ0v) is 19.4. The number of carbonyl (C=O) groups excluding carboxylic acids is 1. The highest BCUT2D eigenvalue weighted by molar-refractivity contribution is 7.89. The summed E-state index contributed by atoms with van der Waals surface area (Å²) in [6.45, 7) is 3.90. The molecule has 1 fully saturated rings. The molecule has 8 heteroatoms. The first-order chi connectivity index (χ1) is 15.4. The van der Waals surface area contributed by atoms with Crippen LogP contribution in [-0.2, 0) is 21.4 Å². The Hall–Kier alpha value is -2.84. The van der Waals surface area contributed by atoms with Crippen LogP contribution in [0.4, 0.5) is 0 Å². The van der Waals surface area contributed by atoms with Gasteiger partial charge >= 0.3 is 0 Å². The van der Waals surface area contributed by atoms with Gasteiger partial charge in [0, 0.05) is 25.7 Å². The lowest BCUT2D eigenvalue weighted by Gasteiger charge is -2.25. The van der Waals surface area contributed by atoms with Gasteiger partial charge in [0.05, 0.1) is 18.6 Å². The molecule has 0 aromatic heterocycles. The van der Waals surface area contributed by atoms with E-state index in [0.717, 1.165) is 30.4 Å². The summed E-state index contributed by atoms with van der Waals surface area (Å²) in [6.07, 6.45) is 6.03. The van der Waals surface area contributed by atoms with Gasteiger partial charge in [0.1, 0.15) is 0 Å². The van der Waals surface area contributed by atoms with Gasteiger partial charge < -0.3 is 14.8 Å².